The third kappa shape index (κ3) is 4.94. The molecule has 2 aromatic carbocycles. The number of nitrogens with zero attached hydrogens (tertiary/aromatic N) is 4. The highest BCUT2D eigenvalue weighted by molar-refractivity contribution is 5.82. The highest BCUT2D eigenvalue weighted by Gasteiger charge is 2.31. The van der Waals surface area contributed by atoms with Crippen LogP contribution in [0.1, 0.15) is 37.0 Å². The van der Waals surface area contributed by atoms with Crippen molar-refractivity contribution in [1.29, 1.82) is 0 Å². The van der Waals surface area contributed by atoms with Crippen LogP contribution < -0.4 is 10.1 Å². The van der Waals surface area contributed by atoms with Gasteiger partial charge in [-0.25, -0.2) is 9.97 Å². The minimum atomic E-state index is -4.48. The molecule has 1 amide bonds. The molecule has 8 nitrogen and oxygen atoms in total. The summed E-state index contributed by atoms with van der Waals surface area (Å²) in [6.45, 7) is 3.89. The molecule has 2 N–H and O–H groups in total. The number of halogens is 3. The van der Waals surface area contributed by atoms with Gasteiger partial charge in [0.2, 0.25) is 18.1 Å². The van der Waals surface area contributed by atoms with Gasteiger partial charge in [-0.05, 0) is 55.8 Å². The Bertz CT molecular complexity index is 1470. The molecule has 2 atom stereocenters. The number of aliphatic hydroxyl groups is 1. The van der Waals surface area contributed by atoms with E-state index in [0.717, 1.165) is 28.8 Å². The molecule has 4 aromatic rings. The molecule has 1 aliphatic heterocycles. The van der Waals surface area contributed by atoms with E-state index >= 15 is 0 Å². The molecule has 0 saturated heterocycles. The Hall–Kier alpha value is -4.12. The van der Waals surface area contributed by atoms with Crippen LogP contribution >= 0.6 is 0 Å². The lowest BCUT2D eigenvalue weighted by Gasteiger charge is -2.33. The SMILES string of the molecule is CC(=O)N1Cc2ncnc(Oc3ccc4c(ccn4C(O)Nc4cccc(C(F)(F)F)c4)c3)c2C[C@@H]1C. The molecule has 0 spiro atoms. The second kappa shape index (κ2) is 9.40. The minimum Gasteiger partial charge on any atom is -0.439 e. The van der Waals surface area contributed by atoms with Crippen LogP contribution in [0.15, 0.2) is 61.1 Å². The Labute approximate surface area is 210 Å². The summed E-state index contributed by atoms with van der Waals surface area (Å²) >= 11 is 0. The van der Waals surface area contributed by atoms with Crippen molar-refractivity contribution in [2.24, 2.45) is 0 Å². The van der Waals surface area contributed by atoms with Crippen molar-refractivity contribution in [3.05, 3.63) is 77.9 Å². The molecule has 0 bridgehead atoms. The lowest BCUT2D eigenvalue weighted by Crippen LogP contribution is -2.41. The number of aliphatic hydroxyl groups excluding tert-OH is 1. The fraction of sp³-hybridized carbons (Fsp3) is 0.269. The van der Waals surface area contributed by atoms with Gasteiger partial charge in [-0.1, -0.05) is 6.07 Å². The maximum absolute atomic E-state index is 13.0. The first-order valence-corrected chi connectivity index (χ1v) is 11.6. The van der Waals surface area contributed by atoms with Gasteiger partial charge in [0.05, 0.1) is 23.3 Å². The fourth-order valence-corrected chi connectivity index (χ4v) is 4.54. The van der Waals surface area contributed by atoms with E-state index < -0.39 is 18.1 Å². The van der Waals surface area contributed by atoms with Crippen LogP contribution in [0.25, 0.3) is 10.9 Å². The van der Waals surface area contributed by atoms with E-state index in [-0.39, 0.29) is 17.6 Å². The molecule has 2 aromatic heterocycles. The van der Waals surface area contributed by atoms with Crippen LogP contribution in [0.2, 0.25) is 0 Å². The van der Waals surface area contributed by atoms with E-state index in [1.54, 1.807) is 35.4 Å². The Balaban J connectivity index is 1.36. The van der Waals surface area contributed by atoms with Crippen LogP contribution in [0.3, 0.4) is 0 Å². The molecule has 3 heterocycles. The van der Waals surface area contributed by atoms with E-state index in [1.807, 2.05) is 6.92 Å². The highest BCUT2D eigenvalue weighted by atomic mass is 19.4. The second-order valence-corrected chi connectivity index (χ2v) is 8.95. The van der Waals surface area contributed by atoms with Gasteiger partial charge in [-0.2, -0.15) is 13.2 Å². The average molecular weight is 512 g/mol. The van der Waals surface area contributed by atoms with E-state index in [9.17, 15) is 23.1 Å². The van der Waals surface area contributed by atoms with Crippen LogP contribution in [0, 0.1) is 0 Å². The van der Waals surface area contributed by atoms with Gasteiger partial charge in [0.25, 0.3) is 0 Å². The van der Waals surface area contributed by atoms with Crippen molar-refractivity contribution in [3.63, 3.8) is 0 Å². The number of hydrogen-bond acceptors (Lipinski definition) is 6. The molecule has 192 valence electrons. The first-order chi connectivity index (χ1) is 17.6. The number of alkyl halides is 3. The van der Waals surface area contributed by atoms with Crippen LogP contribution in [0.4, 0.5) is 18.9 Å². The number of nitrogens with one attached hydrogen (secondary N) is 1. The number of amides is 1. The predicted octanol–water partition coefficient (Wildman–Crippen LogP) is 5.10. The van der Waals surface area contributed by atoms with Crippen LogP contribution in [-0.4, -0.2) is 36.5 Å². The summed E-state index contributed by atoms with van der Waals surface area (Å²) in [6, 6.07) is 11.6. The molecule has 0 radical (unpaired) electrons. The van der Waals surface area contributed by atoms with Crippen molar-refractivity contribution < 1.29 is 27.8 Å². The van der Waals surface area contributed by atoms with Crippen molar-refractivity contribution in [3.8, 4) is 11.6 Å². The number of fused-ring (bicyclic) bond motifs is 2. The molecule has 1 aliphatic rings. The second-order valence-electron chi connectivity index (χ2n) is 8.95. The summed E-state index contributed by atoms with van der Waals surface area (Å²) in [6.07, 6.45) is -2.17. The van der Waals surface area contributed by atoms with Crippen LogP contribution in [0.5, 0.6) is 11.6 Å². The quantitative estimate of drug-likeness (QED) is 0.363. The molecule has 0 aliphatic carbocycles. The van der Waals surface area contributed by atoms with Gasteiger partial charge in [0.1, 0.15) is 12.1 Å². The van der Waals surface area contributed by atoms with Crippen molar-refractivity contribution in [1.82, 2.24) is 19.4 Å². The van der Waals surface area contributed by atoms with Gasteiger partial charge < -0.3 is 24.6 Å². The lowest BCUT2D eigenvalue weighted by molar-refractivity contribution is -0.137. The zero-order valence-electron chi connectivity index (χ0n) is 20.0. The number of ether oxygens (including phenoxy) is 1. The average Bonchev–Trinajstić information content (AvgIpc) is 3.27. The van der Waals surface area contributed by atoms with Gasteiger partial charge in [-0.3, -0.25) is 4.79 Å². The number of rotatable bonds is 5. The van der Waals surface area contributed by atoms with Crippen molar-refractivity contribution in [2.45, 2.75) is 45.4 Å². The standard InChI is InChI=1S/C26H24F3N5O3/c1-15-10-21-22(13-34(15)16(2)35)30-14-31-24(21)37-20-6-7-23-17(11-20)8-9-33(23)25(36)32-19-5-3-4-18(12-19)26(27,28)29/h3-9,11-12,14-15,25,32,36H,10,13H2,1-2H3/t15-,25?/m0/s1. The maximum Gasteiger partial charge on any atom is 0.416 e. The third-order valence-corrected chi connectivity index (χ3v) is 6.41. The number of aromatic nitrogens is 3. The van der Waals surface area contributed by atoms with E-state index in [0.29, 0.717) is 30.1 Å². The number of hydrogen-bond donors (Lipinski definition) is 2. The molecule has 0 saturated carbocycles. The summed E-state index contributed by atoms with van der Waals surface area (Å²) in [4.78, 5) is 22.3. The van der Waals surface area contributed by atoms with Crippen molar-refractivity contribution in [2.75, 3.05) is 5.32 Å². The number of carbonyl (C=O) groups is 1. The predicted molar refractivity (Wildman–Crippen MR) is 130 cm³/mol. The Morgan fingerprint density at radius 1 is 1.19 bits per heavy atom. The molecule has 37 heavy (non-hydrogen) atoms. The lowest BCUT2D eigenvalue weighted by atomic mass is 9.99. The fourth-order valence-electron chi connectivity index (χ4n) is 4.54. The molecule has 0 fully saturated rings. The Kier molecular flexibility index (Phi) is 6.24. The molecule has 1 unspecified atom stereocenters. The molecule has 5 rings (SSSR count). The first-order valence-electron chi connectivity index (χ1n) is 11.6. The van der Waals surface area contributed by atoms with Crippen LogP contribution in [-0.2, 0) is 23.9 Å². The minimum absolute atomic E-state index is 0.0133. The monoisotopic (exact) mass is 511 g/mol. The maximum atomic E-state index is 13.0. The first kappa shape index (κ1) is 24.6. The summed E-state index contributed by atoms with van der Waals surface area (Å²) in [5.41, 5.74) is 1.57. The van der Waals surface area contributed by atoms with E-state index in [2.05, 4.69) is 15.3 Å². The van der Waals surface area contributed by atoms with Gasteiger partial charge in [-0.15, -0.1) is 0 Å². The third-order valence-electron chi connectivity index (χ3n) is 6.41. The Morgan fingerprint density at radius 3 is 2.76 bits per heavy atom. The molecular weight excluding hydrogens is 487 g/mol. The number of anilines is 1. The summed E-state index contributed by atoms with van der Waals surface area (Å²) < 4.78 is 46.6. The summed E-state index contributed by atoms with van der Waals surface area (Å²) in [7, 11) is 0. The van der Waals surface area contributed by atoms with E-state index in [4.69, 9.17) is 4.74 Å². The van der Waals surface area contributed by atoms with E-state index in [1.165, 1.54) is 30.0 Å². The normalized spacial score (nSPS) is 16.4. The summed E-state index contributed by atoms with van der Waals surface area (Å²) in [5, 5.41) is 14.1. The van der Waals surface area contributed by atoms with Gasteiger partial charge in [0.15, 0.2) is 0 Å². The Morgan fingerprint density at radius 2 is 2.00 bits per heavy atom. The largest absolute Gasteiger partial charge is 0.439 e. The topological polar surface area (TPSA) is 92.5 Å². The molecule has 11 heteroatoms. The smallest absolute Gasteiger partial charge is 0.416 e. The zero-order valence-corrected chi connectivity index (χ0v) is 20.0. The number of carbonyl (C=O) groups excluding carboxylic acids is 1. The zero-order chi connectivity index (χ0) is 26.3. The summed E-state index contributed by atoms with van der Waals surface area (Å²) in [5.74, 6) is 0.928. The van der Waals surface area contributed by atoms with Gasteiger partial charge >= 0.3 is 6.18 Å². The van der Waals surface area contributed by atoms with Gasteiger partial charge in [0, 0.05) is 35.8 Å². The highest BCUT2D eigenvalue weighted by Crippen LogP contribution is 2.34. The van der Waals surface area contributed by atoms with Crippen molar-refractivity contribution >= 4 is 22.5 Å². The number of benzene rings is 2. The molecular formula is C26H24F3N5O3.